The fourth-order valence-electron chi connectivity index (χ4n) is 5.93. The zero-order valence-corrected chi connectivity index (χ0v) is 29.3. The molecule has 1 aromatic carbocycles. The fraction of sp³-hybridized carbons (Fsp3) is 0.667. The van der Waals surface area contributed by atoms with E-state index < -0.39 is 57.8 Å². The number of carbonyl (C=O) groups is 2. The van der Waals surface area contributed by atoms with E-state index in [0.29, 0.717) is 25.8 Å². The van der Waals surface area contributed by atoms with Crippen molar-refractivity contribution in [3.63, 3.8) is 0 Å². The summed E-state index contributed by atoms with van der Waals surface area (Å²) in [6, 6.07) is 7.19. The molecule has 262 valence electrons. The molecule has 0 aromatic heterocycles. The van der Waals surface area contributed by atoms with Gasteiger partial charge in [0.2, 0.25) is 21.8 Å². The number of benzene rings is 1. The van der Waals surface area contributed by atoms with Crippen LogP contribution in [0.1, 0.15) is 76.7 Å². The molecule has 1 aliphatic rings. The Morgan fingerprint density at radius 1 is 1.00 bits per heavy atom. The van der Waals surface area contributed by atoms with Crippen molar-refractivity contribution in [1.82, 2.24) is 19.8 Å². The van der Waals surface area contributed by atoms with Crippen molar-refractivity contribution >= 4 is 21.8 Å². The minimum Gasteiger partial charge on any atom is -0.390 e. The van der Waals surface area contributed by atoms with Gasteiger partial charge in [-0.1, -0.05) is 69.4 Å². The number of terminal acetylenes is 2. The SMILES string of the molecule is C#CCCCC(O)[C@H](O)C(CC1CCCCC1)NC(=O)[C@H](CC#C)NC(=O)C(Cc1ccccc1)CS(=O)(=O)N(C)CCN(C)CC. The first-order valence-electron chi connectivity index (χ1n) is 16.9. The molecule has 0 heterocycles. The van der Waals surface area contributed by atoms with Gasteiger partial charge in [0.05, 0.1) is 29.9 Å². The Hall–Kier alpha value is -2.93. The summed E-state index contributed by atoms with van der Waals surface area (Å²) in [6.45, 7) is 3.57. The predicted molar refractivity (Wildman–Crippen MR) is 186 cm³/mol. The summed E-state index contributed by atoms with van der Waals surface area (Å²) in [6.07, 6.45) is 15.6. The highest BCUT2D eigenvalue weighted by molar-refractivity contribution is 7.89. The van der Waals surface area contributed by atoms with Crippen molar-refractivity contribution in [3.8, 4) is 24.7 Å². The summed E-state index contributed by atoms with van der Waals surface area (Å²) >= 11 is 0. The average molecular weight is 673 g/mol. The molecule has 1 aliphatic carbocycles. The molecule has 11 heteroatoms. The number of sulfonamides is 1. The minimum absolute atomic E-state index is 0.136. The van der Waals surface area contributed by atoms with E-state index in [9.17, 15) is 28.2 Å². The first-order valence-corrected chi connectivity index (χ1v) is 18.5. The van der Waals surface area contributed by atoms with Gasteiger partial charge < -0.3 is 25.7 Å². The first-order chi connectivity index (χ1) is 22.4. The van der Waals surface area contributed by atoms with Crippen LogP contribution in [0.4, 0.5) is 0 Å². The van der Waals surface area contributed by atoms with E-state index in [1.54, 1.807) is 0 Å². The lowest BCUT2D eigenvalue weighted by atomic mass is 9.82. The van der Waals surface area contributed by atoms with E-state index >= 15 is 0 Å². The highest BCUT2D eigenvalue weighted by atomic mass is 32.2. The molecule has 0 saturated heterocycles. The van der Waals surface area contributed by atoms with Gasteiger partial charge in [0.15, 0.2) is 0 Å². The third-order valence-electron chi connectivity index (χ3n) is 9.14. The average Bonchev–Trinajstić information content (AvgIpc) is 3.06. The Labute approximate surface area is 283 Å². The number of aliphatic hydroxyl groups is 2. The number of aliphatic hydroxyl groups excluding tert-OH is 2. The van der Waals surface area contributed by atoms with E-state index in [2.05, 4.69) is 22.5 Å². The first kappa shape index (κ1) is 40.2. The molecule has 3 unspecified atom stereocenters. The molecule has 5 atom stereocenters. The topological polar surface area (TPSA) is 139 Å². The normalized spacial score (nSPS) is 17.2. The number of nitrogens with zero attached hydrogens (tertiary/aromatic N) is 2. The van der Waals surface area contributed by atoms with Crippen molar-refractivity contribution in [2.45, 2.75) is 102 Å². The van der Waals surface area contributed by atoms with E-state index in [0.717, 1.165) is 44.2 Å². The van der Waals surface area contributed by atoms with Crippen molar-refractivity contribution in [3.05, 3.63) is 35.9 Å². The minimum atomic E-state index is -3.83. The van der Waals surface area contributed by atoms with Crippen molar-refractivity contribution in [2.24, 2.45) is 11.8 Å². The monoisotopic (exact) mass is 672 g/mol. The van der Waals surface area contributed by atoms with Crippen LogP contribution in [0, 0.1) is 36.5 Å². The van der Waals surface area contributed by atoms with Crippen LogP contribution in [-0.2, 0) is 26.0 Å². The largest absolute Gasteiger partial charge is 0.390 e. The summed E-state index contributed by atoms with van der Waals surface area (Å²) in [5.74, 6) is 2.61. The molecule has 1 aromatic rings. The summed E-state index contributed by atoms with van der Waals surface area (Å²) in [7, 11) is -0.423. The maximum absolute atomic E-state index is 13.8. The van der Waals surface area contributed by atoms with Crippen molar-refractivity contribution in [2.75, 3.05) is 39.5 Å². The van der Waals surface area contributed by atoms with Crippen LogP contribution >= 0.6 is 0 Å². The lowest BCUT2D eigenvalue weighted by Crippen LogP contribution is -2.56. The molecule has 0 radical (unpaired) electrons. The molecule has 10 nitrogen and oxygen atoms in total. The molecular formula is C36H56N4O6S. The van der Waals surface area contributed by atoms with Gasteiger partial charge in [-0.15, -0.1) is 24.7 Å². The maximum Gasteiger partial charge on any atom is 0.243 e. The second-order valence-corrected chi connectivity index (χ2v) is 15.0. The molecule has 0 aliphatic heterocycles. The van der Waals surface area contributed by atoms with E-state index in [-0.39, 0.29) is 31.7 Å². The van der Waals surface area contributed by atoms with Crippen LogP contribution in [0.15, 0.2) is 30.3 Å². The number of rotatable bonds is 21. The van der Waals surface area contributed by atoms with E-state index in [1.165, 1.54) is 11.4 Å². The zero-order valence-electron chi connectivity index (χ0n) is 28.4. The Bertz CT molecular complexity index is 1270. The smallest absolute Gasteiger partial charge is 0.243 e. The Kier molecular flexibility index (Phi) is 18.1. The second kappa shape index (κ2) is 21.1. The molecule has 1 saturated carbocycles. The van der Waals surface area contributed by atoms with Gasteiger partial charge in [0.1, 0.15) is 6.04 Å². The van der Waals surface area contributed by atoms with Crippen LogP contribution < -0.4 is 10.6 Å². The summed E-state index contributed by atoms with van der Waals surface area (Å²) < 4.78 is 28.1. The number of likely N-dealkylation sites (N-methyl/N-ethyl adjacent to an activating group) is 2. The Balaban J connectivity index is 2.25. The van der Waals surface area contributed by atoms with E-state index in [1.807, 2.05) is 49.2 Å². The van der Waals surface area contributed by atoms with Crippen molar-refractivity contribution in [1.29, 1.82) is 0 Å². The lowest BCUT2D eigenvalue weighted by Gasteiger charge is -2.33. The third kappa shape index (κ3) is 14.4. The molecule has 2 amide bonds. The summed E-state index contributed by atoms with van der Waals surface area (Å²) in [5.41, 5.74) is 0.781. The lowest BCUT2D eigenvalue weighted by molar-refractivity contribution is -0.132. The van der Waals surface area contributed by atoms with Crippen LogP contribution in [0.2, 0.25) is 0 Å². The molecule has 2 rings (SSSR count). The third-order valence-corrected chi connectivity index (χ3v) is 11.1. The van der Waals surface area contributed by atoms with Crippen LogP contribution in [-0.4, -0.2) is 103 Å². The van der Waals surface area contributed by atoms with Gasteiger partial charge in [-0.2, -0.15) is 0 Å². The van der Waals surface area contributed by atoms with Gasteiger partial charge in [-0.25, -0.2) is 12.7 Å². The molecule has 0 bridgehead atoms. The second-order valence-electron chi connectivity index (χ2n) is 12.9. The zero-order chi connectivity index (χ0) is 34.8. The molecule has 4 N–H and O–H groups in total. The number of hydrogen-bond donors (Lipinski definition) is 4. The Morgan fingerprint density at radius 3 is 2.30 bits per heavy atom. The summed E-state index contributed by atoms with van der Waals surface area (Å²) in [4.78, 5) is 29.5. The molecule has 1 fully saturated rings. The number of hydrogen-bond acceptors (Lipinski definition) is 7. The van der Waals surface area contributed by atoms with Crippen LogP contribution in [0.25, 0.3) is 0 Å². The number of unbranched alkanes of at least 4 members (excludes halogenated alkanes) is 1. The quantitative estimate of drug-likeness (QED) is 0.116. The molecule has 0 spiro atoms. The standard InChI is InChI=1S/C36H56N4O6S/c1-6-9-12-22-33(41)34(42)32(26-29-20-15-11-16-21-29)38-36(44)31(17-7-2)37-35(43)30(25-28-18-13-10-14-19-28)27-47(45,46)40(5)24-23-39(4)8-3/h1-2,10,13-14,18-19,29-34,41-42H,8-9,11-12,15-17,20-27H2,3-5H3,(H,37,43)(H,38,44)/t30?,31-,32?,33?,34+/m0/s1. The van der Waals surface area contributed by atoms with Crippen LogP contribution in [0.3, 0.4) is 0 Å². The van der Waals surface area contributed by atoms with Gasteiger partial charge >= 0.3 is 0 Å². The Morgan fingerprint density at radius 2 is 1.68 bits per heavy atom. The maximum atomic E-state index is 13.8. The molecule has 47 heavy (non-hydrogen) atoms. The number of amides is 2. The van der Waals surface area contributed by atoms with Gasteiger partial charge in [-0.05, 0) is 50.8 Å². The fourth-order valence-corrected chi connectivity index (χ4v) is 7.33. The van der Waals surface area contributed by atoms with E-state index in [4.69, 9.17) is 12.8 Å². The van der Waals surface area contributed by atoms with Gasteiger partial charge in [0, 0.05) is 33.0 Å². The van der Waals surface area contributed by atoms with Crippen LogP contribution in [0.5, 0.6) is 0 Å². The molecular weight excluding hydrogens is 616 g/mol. The highest BCUT2D eigenvalue weighted by Crippen LogP contribution is 2.29. The predicted octanol–water partition coefficient (Wildman–Crippen LogP) is 2.55. The van der Waals surface area contributed by atoms with Gasteiger partial charge in [0.25, 0.3) is 0 Å². The number of nitrogens with one attached hydrogen (secondary N) is 2. The van der Waals surface area contributed by atoms with Gasteiger partial charge in [-0.3, -0.25) is 9.59 Å². The summed E-state index contributed by atoms with van der Waals surface area (Å²) in [5, 5.41) is 27.5. The van der Waals surface area contributed by atoms with Crippen molar-refractivity contribution < 1.29 is 28.2 Å². The highest BCUT2D eigenvalue weighted by Gasteiger charge is 2.34. The number of carbonyl (C=O) groups excluding carboxylic acids is 2.